The number of ether oxygens (including phenoxy) is 1. The van der Waals surface area contributed by atoms with Crippen LogP contribution in [-0.4, -0.2) is 24.5 Å². The minimum absolute atomic E-state index is 0.0110. The molecule has 1 amide bonds. The van der Waals surface area contributed by atoms with Gasteiger partial charge in [0.2, 0.25) is 5.91 Å². The number of nitrogens with one attached hydrogen (secondary N) is 1. The van der Waals surface area contributed by atoms with E-state index in [0.29, 0.717) is 25.3 Å². The number of hydrogen-bond acceptors (Lipinski definition) is 4. The highest BCUT2D eigenvalue weighted by atomic mass is 16.6. The molecular formula is C15H18N2O3. The van der Waals surface area contributed by atoms with Crippen molar-refractivity contribution in [3.05, 3.63) is 29.8 Å². The number of hydrogen-bond donors (Lipinski definition) is 1. The lowest BCUT2D eigenvalue weighted by molar-refractivity contribution is -0.120. The molecule has 0 aliphatic carbocycles. The average Bonchev–Trinajstić information content (AvgIpc) is 2.84. The Morgan fingerprint density at radius 3 is 3.10 bits per heavy atom. The second kappa shape index (κ2) is 5.53. The summed E-state index contributed by atoms with van der Waals surface area (Å²) in [6.45, 7) is 2.59. The van der Waals surface area contributed by atoms with Crippen LogP contribution in [0.25, 0.3) is 0 Å². The van der Waals surface area contributed by atoms with Crippen LogP contribution >= 0.6 is 0 Å². The average molecular weight is 274 g/mol. The van der Waals surface area contributed by atoms with Crippen LogP contribution in [0.1, 0.15) is 37.7 Å². The van der Waals surface area contributed by atoms with Crippen LogP contribution in [0, 0.1) is 0 Å². The zero-order valence-electron chi connectivity index (χ0n) is 11.5. The highest BCUT2D eigenvalue weighted by molar-refractivity contribution is 5.98. The molecule has 0 fully saturated rings. The maximum atomic E-state index is 12.1. The molecule has 0 bridgehead atoms. The van der Waals surface area contributed by atoms with Gasteiger partial charge in [-0.15, -0.1) is 0 Å². The SMILES string of the molecule is C[C@@H]1CC(NC(=O)C[C@H]2CCOc3ccccc32)=NO1. The summed E-state index contributed by atoms with van der Waals surface area (Å²) < 4.78 is 5.61. The van der Waals surface area contributed by atoms with E-state index in [9.17, 15) is 4.79 Å². The van der Waals surface area contributed by atoms with E-state index in [0.717, 1.165) is 17.7 Å². The van der Waals surface area contributed by atoms with Crippen molar-refractivity contribution in [2.24, 2.45) is 5.16 Å². The Bertz CT molecular complexity index is 542. The number of amides is 1. The van der Waals surface area contributed by atoms with Gasteiger partial charge < -0.3 is 14.9 Å². The smallest absolute Gasteiger partial charge is 0.225 e. The van der Waals surface area contributed by atoms with Crippen molar-refractivity contribution in [1.82, 2.24) is 5.32 Å². The zero-order valence-corrected chi connectivity index (χ0v) is 11.5. The molecule has 0 aromatic heterocycles. The van der Waals surface area contributed by atoms with Gasteiger partial charge in [-0.05, 0) is 30.9 Å². The Morgan fingerprint density at radius 2 is 2.30 bits per heavy atom. The third-order valence-corrected chi connectivity index (χ3v) is 3.62. The predicted molar refractivity (Wildman–Crippen MR) is 74.7 cm³/mol. The Morgan fingerprint density at radius 1 is 1.45 bits per heavy atom. The second-order valence-electron chi connectivity index (χ2n) is 5.28. The monoisotopic (exact) mass is 274 g/mol. The maximum Gasteiger partial charge on any atom is 0.225 e. The molecule has 5 heteroatoms. The summed E-state index contributed by atoms with van der Waals surface area (Å²) in [6.07, 6.45) is 2.03. The van der Waals surface area contributed by atoms with Crippen LogP contribution in [0.4, 0.5) is 0 Å². The topological polar surface area (TPSA) is 59.9 Å². The van der Waals surface area contributed by atoms with Gasteiger partial charge in [-0.2, -0.15) is 0 Å². The largest absolute Gasteiger partial charge is 0.493 e. The summed E-state index contributed by atoms with van der Waals surface area (Å²) in [6, 6.07) is 7.92. The minimum Gasteiger partial charge on any atom is -0.493 e. The number of amidine groups is 1. The van der Waals surface area contributed by atoms with Crippen molar-refractivity contribution in [3.8, 4) is 5.75 Å². The van der Waals surface area contributed by atoms with E-state index in [-0.39, 0.29) is 17.9 Å². The highest BCUT2D eigenvalue weighted by Crippen LogP contribution is 2.35. The summed E-state index contributed by atoms with van der Waals surface area (Å²) in [5.74, 6) is 1.72. The Kier molecular flexibility index (Phi) is 3.58. The standard InChI is InChI=1S/C15H18N2O3/c1-10-8-14(17-20-10)16-15(18)9-11-6-7-19-13-5-3-2-4-12(11)13/h2-5,10-11H,6-9H2,1H3,(H,16,17,18)/t10-,11-/m1/s1. The molecule has 2 atom stereocenters. The summed E-state index contributed by atoms with van der Waals surface area (Å²) >= 11 is 0. The molecule has 0 saturated heterocycles. The molecular weight excluding hydrogens is 256 g/mol. The normalized spacial score (nSPS) is 24.1. The van der Waals surface area contributed by atoms with Crippen LogP contribution in [0.5, 0.6) is 5.75 Å². The van der Waals surface area contributed by atoms with E-state index in [1.54, 1.807) is 0 Å². The fraction of sp³-hybridized carbons (Fsp3) is 0.467. The van der Waals surface area contributed by atoms with Gasteiger partial charge in [0.05, 0.1) is 6.61 Å². The number of oxime groups is 1. The van der Waals surface area contributed by atoms with Gasteiger partial charge in [0.1, 0.15) is 11.9 Å². The molecule has 106 valence electrons. The maximum absolute atomic E-state index is 12.1. The van der Waals surface area contributed by atoms with Gasteiger partial charge in [-0.1, -0.05) is 23.4 Å². The van der Waals surface area contributed by atoms with Crippen LogP contribution in [0.3, 0.4) is 0 Å². The molecule has 2 aliphatic rings. The van der Waals surface area contributed by atoms with Gasteiger partial charge in [0, 0.05) is 12.8 Å². The number of benzene rings is 1. The van der Waals surface area contributed by atoms with E-state index in [1.165, 1.54) is 0 Å². The molecule has 1 aromatic carbocycles. The van der Waals surface area contributed by atoms with Crippen LogP contribution in [-0.2, 0) is 9.63 Å². The van der Waals surface area contributed by atoms with E-state index in [4.69, 9.17) is 9.57 Å². The van der Waals surface area contributed by atoms with Crippen molar-refractivity contribution >= 4 is 11.7 Å². The molecule has 5 nitrogen and oxygen atoms in total. The molecule has 0 saturated carbocycles. The molecule has 2 heterocycles. The van der Waals surface area contributed by atoms with E-state index in [1.807, 2.05) is 31.2 Å². The Hall–Kier alpha value is -2.04. The predicted octanol–water partition coefficient (Wildman–Crippen LogP) is 2.18. The summed E-state index contributed by atoms with van der Waals surface area (Å²) in [7, 11) is 0. The lowest BCUT2D eigenvalue weighted by Crippen LogP contribution is -2.31. The molecule has 20 heavy (non-hydrogen) atoms. The van der Waals surface area contributed by atoms with E-state index >= 15 is 0 Å². The van der Waals surface area contributed by atoms with Crippen molar-refractivity contribution in [3.63, 3.8) is 0 Å². The second-order valence-corrected chi connectivity index (χ2v) is 5.28. The fourth-order valence-electron chi connectivity index (χ4n) is 2.64. The van der Waals surface area contributed by atoms with Crippen molar-refractivity contribution in [1.29, 1.82) is 0 Å². The molecule has 0 radical (unpaired) electrons. The number of carbonyl (C=O) groups excluding carboxylic acids is 1. The first-order chi connectivity index (χ1) is 9.72. The minimum atomic E-state index is -0.0110. The third-order valence-electron chi connectivity index (χ3n) is 3.62. The molecule has 3 rings (SSSR count). The van der Waals surface area contributed by atoms with E-state index < -0.39 is 0 Å². The number of rotatable bonds is 2. The van der Waals surface area contributed by atoms with Gasteiger partial charge in [0.25, 0.3) is 0 Å². The Balaban J connectivity index is 1.62. The number of nitrogens with zero attached hydrogens (tertiary/aromatic N) is 1. The number of carbonyl (C=O) groups is 1. The highest BCUT2D eigenvalue weighted by Gasteiger charge is 2.25. The quantitative estimate of drug-likeness (QED) is 0.899. The molecule has 2 aliphatic heterocycles. The first-order valence-corrected chi connectivity index (χ1v) is 6.96. The lowest BCUT2D eigenvalue weighted by atomic mass is 9.90. The van der Waals surface area contributed by atoms with Crippen molar-refractivity contribution in [2.45, 2.75) is 38.2 Å². The van der Waals surface area contributed by atoms with Gasteiger partial charge in [-0.25, -0.2) is 0 Å². The number of para-hydroxylation sites is 1. The first-order valence-electron chi connectivity index (χ1n) is 6.96. The molecule has 0 unspecified atom stereocenters. The van der Waals surface area contributed by atoms with Crippen LogP contribution in [0.2, 0.25) is 0 Å². The van der Waals surface area contributed by atoms with Gasteiger partial charge >= 0.3 is 0 Å². The van der Waals surface area contributed by atoms with Crippen LogP contribution < -0.4 is 10.1 Å². The van der Waals surface area contributed by atoms with Crippen molar-refractivity contribution in [2.75, 3.05) is 6.61 Å². The summed E-state index contributed by atoms with van der Waals surface area (Å²) in [4.78, 5) is 17.2. The number of fused-ring (bicyclic) bond motifs is 1. The molecule has 0 spiro atoms. The zero-order chi connectivity index (χ0) is 13.9. The summed E-state index contributed by atoms with van der Waals surface area (Å²) in [5.41, 5.74) is 1.12. The van der Waals surface area contributed by atoms with Crippen molar-refractivity contribution < 1.29 is 14.4 Å². The van der Waals surface area contributed by atoms with Crippen LogP contribution in [0.15, 0.2) is 29.4 Å². The van der Waals surface area contributed by atoms with E-state index in [2.05, 4.69) is 10.5 Å². The first kappa shape index (κ1) is 13.0. The fourth-order valence-corrected chi connectivity index (χ4v) is 2.64. The molecule has 1 aromatic rings. The summed E-state index contributed by atoms with van der Waals surface area (Å²) in [5, 5.41) is 6.69. The van der Waals surface area contributed by atoms with Gasteiger partial charge in [0.15, 0.2) is 5.84 Å². The van der Waals surface area contributed by atoms with Gasteiger partial charge in [-0.3, -0.25) is 4.79 Å². The lowest BCUT2D eigenvalue weighted by Gasteiger charge is -2.25. The Labute approximate surface area is 117 Å². The molecule has 1 N–H and O–H groups in total. The third kappa shape index (κ3) is 2.76.